The molecule has 1 aromatic heterocycles. The number of benzene rings is 1. The number of rotatable bonds is 4. The number of carbonyl (C=O) groups is 1. The number of hydrogen-bond acceptors (Lipinski definition) is 4. The summed E-state index contributed by atoms with van der Waals surface area (Å²) in [5.74, 6) is -0.690. The second-order valence-corrected chi connectivity index (χ2v) is 6.15. The lowest BCUT2D eigenvalue weighted by atomic mass is 9.87. The average Bonchev–Trinajstić information content (AvgIpc) is 2.86. The summed E-state index contributed by atoms with van der Waals surface area (Å²) in [5, 5.41) is 12.7. The molecule has 5 nitrogen and oxygen atoms in total. The van der Waals surface area contributed by atoms with Crippen LogP contribution in [0.3, 0.4) is 0 Å². The van der Waals surface area contributed by atoms with Crippen LogP contribution in [0.4, 0.5) is 0 Å². The summed E-state index contributed by atoms with van der Waals surface area (Å²) in [4.78, 5) is 10.9. The smallest absolute Gasteiger partial charge is 0.374 e. The van der Waals surface area contributed by atoms with Crippen LogP contribution < -0.4 is 4.74 Å². The molecular formula is C16H19NO4. The maximum atomic E-state index is 10.9. The summed E-state index contributed by atoms with van der Waals surface area (Å²) in [7, 11) is 1.57. The van der Waals surface area contributed by atoms with Crippen LogP contribution >= 0.6 is 0 Å². The van der Waals surface area contributed by atoms with Crippen LogP contribution in [0.15, 0.2) is 28.8 Å². The van der Waals surface area contributed by atoms with Crippen molar-refractivity contribution in [2.75, 3.05) is 7.11 Å². The summed E-state index contributed by atoms with van der Waals surface area (Å²) < 4.78 is 10.1. The van der Waals surface area contributed by atoms with E-state index in [0.29, 0.717) is 11.4 Å². The Morgan fingerprint density at radius 1 is 1.33 bits per heavy atom. The van der Waals surface area contributed by atoms with Gasteiger partial charge in [0.2, 0.25) is 5.76 Å². The highest BCUT2D eigenvalue weighted by Gasteiger charge is 2.18. The minimum atomic E-state index is -1.14. The van der Waals surface area contributed by atoms with Crippen LogP contribution in [0.25, 0.3) is 11.3 Å². The molecule has 21 heavy (non-hydrogen) atoms. The fourth-order valence-corrected chi connectivity index (χ4v) is 2.18. The van der Waals surface area contributed by atoms with Crippen molar-refractivity contribution in [3.8, 4) is 17.0 Å². The standard InChI is InChI=1S/C16H19NO4/c1-16(2,3)9-10-5-6-13(20-4)11(7-10)12-8-14(15(18)19)21-17-12/h5-8H,9H2,1-4H3,(H,18,19). The molecule has 0 amide bonds. The second kappa shape index (κ2) is 5.60. The Kier molecular flexibility index (Phi) is 4.02. The predicted octanol–water partition coefficient (Wildman–Crippen LogP) is 3.64. The van der Waals surface area contributed by atoms with Gasteiger partial charge in [0, 0.05) is 11.6 Å². The van der Waals surface area contributed by atoms with Crippen LogP contribution in [0.5, 0.6) is 5.75 Å². The molecule has 0 atom stereocenters. The van der Waals surface area contributed by atoms with Crippen molar-refractivity contribution in [2.45, 2.75) is 27.2 Å². The molecule has 5 heteroatoms. The first-order chi connectivity index (χ1) is 9.80. The minimum Gasteiger partial charge on any atom is -0.496 e. The number of hydrogen-bond donors (Lipinski definition) is 1. The molecule has 0 radical (unpaired) electrons. The SMILES string of the molecule is COc1ccc(CC(C)(C)C)cc1-c1cc(C(=O)O)on1. The van der Waals surface area contributed by atoms with Crippen LogP contribution in [-0.4, -0.2) is 23.3 Å². The first kappa shape index (κ1) is 15.1. The van der Waals surface area contributed by atoms with E-state index in [2.05, 4.69) is 25.9 Å². The van der Waals surface area contributed by atoms with Gasteiger partial charge in [0.1, 0.15) is 11.4 Å². The van der Waals surface area contributed by atoms with Gasteiger partial charge < -0.3 is 14.4 Å². The average molecular weight is 289 g/mol. The number of aromatic nitrogens is 1. The van der Waals surface area contributed by atoms with Gasteiger partial charge in [0.25, 0.3) is 0 Å². The molecule has 0 aliphatic rings. The molecule has 0 bridgehead atoms. The lowest BCUT2D eigenvalue weighted by molar-refractivity contribution is 0.0652. The van der Waals surface area contributed by atoms with Gasteiger partial charge >= 0.3 is 5.97 Å². The van der Waals surface area contributed by atoms with Crippen molar-refractivity contribution in [2.24, 2.45) is 5.41 Å². The molecule has 0 spiro atoms. The van der Waals surface area contributed by atoms with E-state index in [1.807, 2.05) is 18.2 Å². The van der Waals surface area contributed by atoms with Gasteiger partial charge in [0.15, 0.2) is 0 Å². The Balaban J connectivity index is 2.44. The third-order valence-electron chi connectivity index (χ3n) is 3.00. The van der Waals surface area contributed by atoms with Crippen LogP contribution in [0.2, 0.25) is 0 Å². The van der Waals surface area contributed by atoms with Crippen molar-refractivity contribution in [1.29, 1.82) is 0 Å². The fourth-order valence-electron chi connectivity index (χ4n) is 2.18. The highest BCUT2D eigenvalue weighted by Crippen LogP contribution is 2.32. The third-order valence-corrected chi connectivity index (χ3v) is 3.00. The predicted molar refractivity (Wildman–Crippen MR) is 78.6 cm³/mol. The third kappa shape index (κ3) is 3.62. The zero-order valence-corrected chi connectivity index (χ0v) is 12.6. The van der Waals surface area contributed by atoms with Crippen molar-refractivity contribution in [3.63, 3.8) is 0 Å². The van der Waals surface area contributed by atoms with Gasteiger partial charge in [-0.05, 0) is 29.5 Å². The van der Waals surface area contributed by atoms with Gasteiger partial charge in [-0.15, -0.1) is 0 Å². The number of nitrogens with zero attached hydrogens (tertiary/aromatic N) is 1. The van der Waals surface area contributed by atoms with E-state index in [1.54, 1.807) is 7.11 Å². The molecule has 2 rings (SSSR count). The van der Waals surface area contributed by atoms with Crippen molar-refractivity contribution >= 4 is 5.97 Å². The topological polar surface area (TPSA) is 72.6 Å². The summed E-state index contributed by atoms with van der Waals surface area (Å²) in [6, 6.07) is 7.24. The zero-order valence-electron chi connectivity index (χ0n) is 12.6. The van der Waals surface area contributed by atoms with E-state index < -0.39 is 5.97 Å². The molecule has 1 heterocycles. The molecule has 0 saturated heterocycles. The summed E-state index contributed by atoms with van der Waals surface area (Å²) in [6.45, 7) is 6.49. The molecule has 112 valence electrons. The largest absolute Gasteiger partial charge is 0.496 e. The van der Waals surface area contributed by atoms with Crippen LogP contribution in [0.1, 0.15) is 36.9 Å². The van der Waals surface area contributed by atoms with Crippen LogP contribution in [0, 0.1) is 5.41 Å². The molecule has 1 N–H and O–H groups in total. The number of carboxylic acid groups (broad SMARTS) is 1. The summed E-state index contributed by atoms with van der Waals surface area (Å²) in [6.07, 6.45) is 0.896. The van der Waals surface area contributed by atoms with Crippen LogP contribution in [-0.2, 0) is 6.42 Å². The maximum absolute atomic E-state index is 10.9. The fraction of sp³-hybridized carbons (Fsp3) is 0.375. The molecule has 1 aromatic carbocycles. The second-order valence-electron chi connectivity index (χ2n) is 6.15. The van der Waals surface area contributed by atoms with Gasteiger partial charge in [-0.3, -0.25) is 0 Å². The van der Waals surface area contributed by atoms with Crippen molar-refractivity contribution in [1.82, 2.24) is 5.16 Å². The number of ether oxygens (including phenoxy) is 1. The van der Waals surface area contributed by atoms with E-state index >= 15 is 0 Å². The van der Waals surface area contributed by atoms with E-state index in [-0.39, 0.29) is 11.2 Å². The molecule has 2 aromatic rings. The minimum absolute atomic E-state index is 0.155. The Morgan fingerprint density at radius 3 is 2.57 bits per heavy atom. The van der Waals surface area contributed by atoms with Gasteiger partial charge in [-0.2, -0.15) is 0 Å². The van der Waals surface area contributed by atoms with E-state index in [9.17, 15) is 4.79 Å². The van der Waals surface area contributed by atoms with Crippen molar-refractivity contribution < 1.29 is 19.2 Å². The highest BCUT2D eigenvalue weighted by molar-refractivity contribution is 5.86. The Bertz CT molecular complexity index is 653. The first-order valence-corrected chi connectivity index (χ1v) is 6.67. The molecule has 0 unspecified atom stereocenters. The molecule has 0 saturated carbocycles. The lowest BCUT2D eigenvalue weighted by Crippen LogP contribution is -2.09. The van der Waals surface area contributed by atoms with E-state index in [4.69, 9.17) is 14.4 Å². The lowest BCUT2D eigenvalue weighted by Gasteiger charge is -2.19. The van der Waals surface area contributed by atoms with E-state index in [0.717, 1.165) is 17.5 Å². The zero-order chi connectivity index (χ0) is 15.6. The monoisotopic (exact) mass is 289 g/mol. The summed E-state index contributed by atoms with van der Waals surface area (Å²) in [5.41, 5.74) is 2.48. The maximum Gasteiger partial charge on any atom is 0.374 e. The molecule has 0 aliphatic heterocycles. The van der Waals surface area contributed by atoms with E-state index in [1.165, 1.54) is 6.07 Å². The number of methoxy groups -OCH3 is 1. The number of carboxylic acids is 1. The van der Waals surface area contributed by atoms with Gasteiger partial charge in [0.05, 0.1) is 7.11 Å². The Morgan fingerprint density at radius 2 is 2.05 bits per heavy atom. The first-order valence-electron chi connectivity index (χ1n) is 6.67. The normalized spacial score (nSPS) is 11.4. The van der Waals surface area contributed by atoms with Gasteiger partial charge in [-0.25, -0.2) is 4.79 Å². The van der Waals surface area contributed by atoms with Crippen molar-refractivity contribution in [3.05, 3.63) is 35.6 Å². The molecule has 0 aliphatic carbocycles. The van der Waals surface area contributed by atoms with Gasteiger partial charge in [-0.1, -0.05) is 32.0 Å². The molecule has 0 fully saturated rings. The Labute approximate surface area is 123 Å². The quantitative estimate of drug-likeness (QED) is 0.930. The number of aromatic carboxylic acids is 1. The summed E-state index contributed by atoms with van der Waals surface area (Å²) >= 11 is 0. The molecular weight excluding hydrogens is 270 g/mol. The highest BCUT2D eigenvalue weighted by atomic mass is 16.5. The Hall–Kier alpha value is -2.30.